The van der Waals surface area contributed by atoms with E-state index < -0.39 is 0 Å². The largest absolute Gasteiger partial charge is 0.298 e. The Balaban J connectivity index is 1.88. The quantitative estimate of drug-likeness (QED) is 0.721. The molecular weight excluding hydrogens is 234 g/mol. The molecular formula is C16H33N3. The summed E-state index contributed by atoms with van der Waals surface area (Å²) < 4.78 is 0. The van der Waals surface area contributed by atoms with Crippen LogP contribution in [0.3, 0.4) is 0 Å². The molecule has 2 saturated heterocycles. The minimum absolute atomic E-state index is 0.341. The third-order valence-corrected chi connectivity index (χ3v) is 5.32. The number of likely N-dealkylation sites (tertiary alicyclic amines) is 1. The molecule has 0 aromatic carbocycles. The van der Waals surface area contributed by atoms with Crippen molar-refractivity contribution in [1.29, 1.82) is 0 Å². The monoisotopic (exact) mass is 267 g/mol. The first-order chi connectivity index (χ1) is 8.79. The molecule has 0 aromatic rings. The number of hydrogen-bond donors (Lipinski definition) is 0. The summed E-state index contributed by atoms with van der Waals surface area (Å²) in [7, 11) is 2.27. The van der Waals surface area contributed by atoms with Crippen molar-refractivity contribution in [2.45, 2.75) is 71.1 Å². The summed E-state index contributed by atoms with van der Waals surface area (Å²) in [6, 6.07) is 2.21. The zero-order chi connectivity index (χ0) is 14.2. The molecule has 3 heteroatoms. The number of piperidine rings is 1. The van der Waals surface area contributed by atoms with Gasteiger partial charge < -0.3 is 0 Å². The standard InChI is InChI=1S/C16H33N3/c1-13-11-18(12-14(2)17(13)6)15-7-9-19(10-8-15)16(3,4)5/h13-15H,7-12H2,1-6H3/t13-,14-/m0/s1. The van der Waals surface area contributed by atoms with Crippen LogP contribution in [0.2, 0.25) is 0 Å². The van der Waals surface area contributed by atoms with E-state index in [4.69, 9.17) is 0 Å². The fourth-order valence-corrected chi connectivity index (χ4v) is 3.65. The highest BCUT2D eigenvalue weighted by atomic mass is 15.3. The van der Waals surface area contributed by atoms with Crippen molar-refractivity contribution in [3.05, 3.63) is 0 Å². The van der Waals surface area contributed by atoms with Crippen molar-refractivity contribution in [1.82, 2.24) is 14.7 Å². The second-order valence-electron chi connectivity index (χ2n) is 7.71. The molecule has 0 bridgehead atoms. The Morgan fingerprint density at radius 2 is 1.37 bits per heavy atom. The Labute approximate surface area is 119 Å². The van der Waals surface area contributed by atoms with Crippen molar-refractivity contribution < 1.29 is 0 Å². The highest BCUT2D eigenvalue weighted by molar-refractivity contribution is 4.90. The summed E-state index contributed by atoms with van der Waals surface area (Å²) >= 11 is 0. The maximum Gasteiger partial charge on any atom is 0.0195 e. The van der Waals surface area contributed by atoms with Crippen LogP contribution in [0.25, 0.3) is 0 Å². The van der Waals surface area contributed by atoms with Crippen LogP contribution in [0.5, 0.6) is 0 Å². The average Bonchev–Trinajstić information content (AvgIpc) is 2.34. The molecule has 2 heterocycles. The second kappa shape index (κ2) is 5.71. The summed E-state index contributed by atoms with van der Waals surface area (Å²) in [5.74, 6) is 0. The van der Waals surface area contributed by atoms with Crippen molar-refractivity contribution in [2.24, 2.45) is 0 Å². The predicted octanol–water partition coefficient (Wildman–Crippen LogP) is 2.27. The maximum absolute atomic E-state index is 2.76. The molecule has 2 aliphatic rings. The first-order valence-electron chi connectivity index (χ1n) is 8.00. The Kier molecular flexibility index (Phi) is 4.59. The molecule has 0 unspecified atom stereocenters. The van der Waals surface area contributed by atoms with E-state index in [9.17, 15) is 0 Å². The van der Waals surface area contributed by atoms with E-state index in [0.717, 1.165) is 6.04 Å². The number of nitrogens with zero attached hydrogens (tertiary/aromatic N) is 3. The van der Waals surface area contributed by atoms with Crippen LogP contribution in [0.15, 0.2) is 0 Å². The van der Waals surface area contributed by atoms with Gasteiger partial charge in [-0.3, -0.25) is 14.7 Å². The van der Waals surface area contributed by atoms with Gasteiger partial charge in [0.05, 0.1) is 0 Å². The minimum Gasteiger partial charge on any atom is -0.298 e. The number of piperazine rings is 1. The normalized spacial score (nSPS) is 33.8. The van der Waals surface area contributed by atoms with E-state index in [0.29, 0.717) is 17.6 Å². The third-order valence-electron chi connectivity index (χ3n) is 5.32. The maximum atomic E-state index is 2.76. The summed E-state index contributed by atoms with van der Waals surface area (Å²) in [5.41, 5.74) is 0.341. The highest BCUT2D eigenvalue weighted by Gasteiger charge is 2.34. The topological polar surface area (TPSA) is 9.72 Å². The van der Waals surface area contributed by atoms with Crippen LogP contribution in [0, 0.1) is 0 Å². The first kappa shape index (κ1) is 15.3. The molecule has 2 fully saturated rings. The molecule has 0 N–H and O–H groups in total. The van der Waals surface area contributed by atoms with Gasteiger partial charge in [0.1, 0.15) is 0 Å². The second-order valence-corrected chi connectivity index (χ2v) is 7.71. The SMILES string of the molecule is C[C@H]1CN(C2CCN(C(C)(C)C)CC2)C[C@H](C)N1C. The van der Waals surface area contributed by atoms with E-state index in [-0.39, 0.29) is 0 Å². The molecule has 0 aliphatic carbocycles. The van der Waals surface area contributed by atoms with E-state index in [1.807, 2.05) is 0 Å². The Morgan fingerprint density at radius 3 is 1.79 bits per heavy atom. The molecule has 2 aliphatic heterocycles. The van der Waals surface area contributed by atoms with Gasteiger partial charge in [-0.15, -0.1) is 0 Å². The summed E-state index contributed by atoms with van der Waals surface area (Å²) in [6.45, 7) is 16.8. The van der Waals surface area contributed by atoms with Gasteiger partial charge in [-0.05, 0) is 54.5 Å². The molecule has 0 saturated carbocycles. The summed E-state index contributed by atoms with van der Waals surface area (Å²) in [6.07, 6.45) is 2.70. The van der Waals surface area contributed by atoms with Crippen LogP contribution in [-0.4, -0.2) is 71.6 Å². The number of rotatable bonds is 1. The van der Waals surface area contributed by atoms with Crippen LogP contribution in [0.4, 0.5) is 0 Å². The number of hydrogen-bond acceptors (Lipinski definition) is 3. The van der Waals surface area contributed by atoms with Gasteiger partial charge in [0.25, 0.3) is 0 Å². The third kappa shape index (κ3) is 3.50. The van der Waals surface area contributed by atoms with Gasteiger partial charge >= 0.3 is 0 Å². The molecule has 112 valence electrons. The van der Waals surface area contributed by atoms with Gasteiger partial charge in [-0.25, -0.2) is 0 Å². The Morgan fingerprint density at radius 1 is 0.895 bits per heavy atom. The van der Waals surface area contributed by atoms with Crippen molar-refractivity contribution in [2.75, 3.05) is 33.2 Å². The van der Waals surface area contributed by atoms with Crippen molar-refractivity contribution in [3.8, 4) is 0 Å². The van der Waals surface area contributed by atoms with Gasteiger partial charge in [0, 0.05) is 49.8 Å². The zero-order valence-corrected chi connectivity index (χ0v) is 13.8. The fourth-order valence-electron chi connectivity index (χ4n) is 3.65. The smallest absolute Gasteiger partial charge is 0.0195 e. The van der Waals surface area contributed by atoms with Crippen LogP contribution in [-0.2, 0) is 0 Å². The summed E-state index contributed by atoms with van der Waals surface area (Å²) in [5, 5.41) is 0. The predicted molar refractivity (Wildman–Crippen MR) is 82.6 cm³/mol. The Hall–Kier alpha value is -0.120. The average molecular weight is 267 g/mol. The molecule has 3 nitrogen and oxygen atoms in total. The lowest BCUT2D eigenvalue weighted by atomic mass is 9.95. The molecule has 0 aromatic heterocycles. The van der Waals surface area contributed by atoms with E-state index in [1.54, 1.807) is 0 Å². The fraction of sp³-hybridized carbons (Fsp3) is 1.00. The lowest BCUT2D eigenvalue weighted by Crippen LogP contribution is -2.59. The van der Waals surface area contributed by atoms with Gasteiger partial charge in [-0.2, -0.15) is 0 Å². The molecule has 2 atom stereocenters. The van der Waals surface area contributed by atoms with Crippen molar-refractivity contribution >= 4 is 0 Å². The lowest BCUT2D eigenvalue weighted by molar-refractivity contribution is 0.000237. The summed E-state index contributed by atoms with van der Waals surface area (Å²) in [4.78, 5) is 7.93. The molecule has 2 rings (SSSR count). The zero-order valence-electron chi connectivity index (χ0n) is 13.8. The lowest BCUT2D eigenvalue weighted by Gasteiger charge is -2.49. The van der Waals surface area contributed by atoms with Crippen LogP contribution < -0.4 is 0 Å². The van der Waals surface area contributed by atoms with Gasteiger partial charge in [0.15, 0.2) is 0 Å². The van der Waals surface area contributed by atoms with Crippen LogP contribution >= 0.6 is 0 Å². The minimum atomic E-state index is 0.341. The molecule has 19 heavy (non-hydrogen) atoms. The van der Waals surface area contributed by atoms with Gasteiger partial charge in [0.2, 0.25) is 0 Å². The van der Waals surface area contributed by atoms with E-state index in [1.165, 1.54) is 39.0 Å². The molecule has 0 amide bonds. The van der Waals surface area contributed by atoms with Crippen molar-refractivity contribution in [3.63, 3.8) is 0 Å². The van der Waals surface area contributed by atoms with E-state index in [2.05, 4.69) is 56.4 Å². The first-order valence-corrected chi connectivity index (χ1v) is 8.00. The molecule has 0 radical (unpaired) electrons. The van der Waals surface area contributed by atoms with Gasteiger partial charge in [-0.1, -0.05) is 0 Å². The molecule has 0 spiro atoms. The Bertz CT molecular complexity index is 277. The number of likely N-dealkylation sites (N-methyl/N-ethyl adjacent to an activating group) is 1. The highest BCUT2D eigenvalue weighted by Crippen LogP contribution is 2.25. The van der Waals surface area contributed by atoms with E-state index >= 15 is 0 Å². The van der Waals surface area contributed by atoms with Crippen LogP contribution in [0.1, 0.15) is 47.5 Å².